The van der Waals surface area contributed by atoms with E-state index in [1.54, 1.807) is 35.7 Å². The number of urea groups is 1. The third-order valence-corrected chi connectivity index (χ3v) is 6.14. The van der Waals surface area contributed by atoms with Gasteiger partial charge in [0.15, 0.2) is 0 Å². The summed E-state index contributed by atoms with van der Waals surface area (Å²) in [6.07, 6.45) is 1.26. The molecule has 0 saturated carbocycles. The van der Waals surface area contributed by atoms with E-state index in [9.17, 15) is 9.59 Å². The first kappa shape index (κ1) is 23.4. The van der Waals surface area contributed by atoms with E-state index in [2.05, 4.69) is 5.32 Å². The fourth-order valence-electron chi connectivity index (χ4n) is 4.18. The molecule has 0 atom stereocenters. The number of aromatic nitrogens is 2. The summed E-state index contributed by atoms with van der Waals surface area (Å²) in [6, 6.07) is 17.5. The molecular formula is C26H31N5O3. The average molecular weight is 462 g/mol. The van der Waals surface area contributed by atoms with Crippen LogP contribution >= 0.6 is 0 Å². The van der Waals surface area contributed by atoms with E-state index in [0.29, 0.717) is 43.2 Å². The first-order chi connectivity index (χ1) is 16.4. The first-order valence-corrected chi connectivity index (χ1v) is 11.4. The molecule has 8 nitrogen and oxygen atoms in total. The standard InChI is InChI=1S/C26H31N5O3/c1-18-9-11-20(12-10-18)31-24(17-22(28-31)21-7-5-6-8-23(21)34-4)27-25(32)19-13-15-30(16-14-19)26(33)29(2)3/h5-12,17,19H,13-16H2,1-4H3,(H,27,32). The molecule has 2 aromatic carbocycles. The van der Waals surface area contributed by atoms with E-state index in [4.69, 9.17) is 9.84 Å². The predicted octanol–water partition coefficient (Wildman–Crippen LogP) is 4.19. The predicted molar refractivity (Wildman–Crippen MR) is 132 cm³/mol. The molecule has 178 valence electrons. The number of benzene rings is 2. The van der Waals surface area contributed by atoms with Crippen molar-refractivity contribution in [3.05, 3.63) is 60.2 Å². The lowest BCUT2D eigenvalue weighted by molar-refractivity contribution is -0.121. The van der Waals surface area contributed by atoms with Crippen molar-refractivity contribution in [3.63, 3.8) is 0 Å². The summed E-state index contributed by atoms with van der Waals surface area (Å²) in [4.78, 5) is 28.8. The van der Waals surface area contributed by atoms with Crippen LogP contribution < -0.4 is 10.1 Å². The van der Waals surface area contributed by atoms with Crippen LogP contribution in [0, 0.1) is 12.8 Å². The van der Waals surface area contributed by atoms with Crippen LogP contribution in [0.5, 0.6) is 5.75 Å². The van der Waals surface area contributed by atoms with E-state index in [0.717, 1.165) is 16.8 Å². The third-order valence-electron chi connectivity index (χ3n) is 6.14. The largest absolute Gasteiger partial charge is 0.496 e. The van der Waals surface area contributed by atoms with Crippen molar-refractivity contribution in [2.45, 2.75) is 19.8 Å². The lowest BCUT2D eigenvalue weighted by Crippen LogP contribution is -2.45. The first-order valence-electron chi connectivity index (χ1n) is 11.4. The SMILES string of the molecule is COc1ccccc1-c1cc(NC(=O)C2CCN(C(=O)N(C)C)CC2)n(-c2ccc(C)cc2)n1. The molecule has 0 aliphatic carbocycles. The van der Waals surface area contributed by atoms with Crippen LogP contribution in [0.2, 0.25) is 0 Å². The highest BCUT2D eigenvalue weighted by molar-refractivity contribution is 5.93. The molecule has 1 N–H and O–H groups in total. The number of hydrogen-bond donors (Lipinski definition) is 1. The summed E-state index contributed by atoms with van der Waals surface area (Å²) in [5.74, 6) is 1.09. The zero-order valence-electron chi connectivity index (χ0n) is 20.1. The molecule has 1 fully saturated rings. The highest BCUT2D eigenvalue weighted by atomic mass is 16.5. The van der Waals surface area contributed by atoms with E-state index < -0.39 is 0 Å². The number of carbonyl (C=O) groups is 2. The molecule has 34 heavy (non-hydrogen) atoms. The van der Waals surface area contributed by atoms with E-state index in [-0.39, 0.29) is 17.9 Å². The Kier molecular flexibility index (Phi) is 6.86. The van der Waals surface area contributed by atoms with Crippen molar-refractivity contribution >= 4 is 17.8 Å². The maximum absolute atomic E-state index is 13.2. The Morgan fingerprint density at radius 3 is 2.38 bits per heavy atom. The van der Waals surface area contributed by atoms with Gasteiger partial charge in [0, 0.05) is 44.7 Å². The van der Waals surface area contributed by atoms with Crippen molar-refractivity contribution in [2.75, 3.05) is 39.6 Å². The second-order valence-electron chi connectivity index (χ2n) is 8.79. The number of ether oxygens (including phenoxy) is 1. The van der Waals surface area contributed by atoms with Gasteiger partial charge in [0.1, 0.15) is 11.6 Å². The quantitative estimate of drug-likeness (QED) is 0.618. The van der Waals surface area contributed by atoms with Crippen LogP contribution in [-0.4, -0.2) is 65.8 Å². The number of amides is 3. The van der Waals surface area contributed by atoms with Crippen LogP contribution in [0.4, 0.5) is 10.6 Å². The zero-order valence-corrected chi connectivity index (χ0v) is 20.1. The van der Waals surface area contributed by atoms with E-state index in [1.165, 1.54) is 0 Å². The van der Waals surface area contributed by atoms with Gasteiger partial charge in [-0.3, -0.25) is 4.79 Å². The maximum Gasteiger partial charge on any atom is 0.319 e. The second-order valence-corrected chi connectivity index (χ2v) is 8.79. The Hall–Kier alpha value is -3.81. The number of piperidine rings is 1. The Balaban J connectivity index is 1.59. The average Bonchev–Trinajstić information content (AvgIpc) is 3.27. The molecule has 1 aliphatic heterocycles. The molecule has 1 aromatic heterocycles. The highest BCUT2D eigenvalue weighted by Gasteiger charge is 2.29. The van der Waals surface area contributed by atoms with Gasteiger partial charge in [-0.15, -0.1) is 0 Å². The minimum absolute atomic E-state index is 0.0160. The van der Waals surface area contributed by atoms with Crippen LogP contribution in [0.3, 0.4) is 0 Å². The van der Waals surface area contributed by atoms with E-state index in [1.807, 2.05) is 61.5 Å². The van der Waals surface area contributed by atoms with Gasteiger partial charge in [0.25, 0.3) is 0 Å². The van der Waals surface area contributed by atoms with Crippen LogP contribution in [-0.2, 0) is 4.79 Å². The number of hydrogen-bond acceptors (Lipinski definition) is 4. The molecule has 0 radical (unpaired) electrons. The topological polar surface area (TPSA) is 79.7 Å². The zero-order chi connectivity index (χ0) is 24.2. The molecule has 1 saturated heterocycles. The smallest absolute Gasteiger partial charge is 0.319 e. The van der Waals surface area contributed by atoms with Crippen molar-refractivity contribution in [1.82, 2.24) is 19.6 Å². The summed E-state index contributed by atoms with van der Waals surface area (Å²) < 4.78 is 7.27. The Morgan fingerprint density at radius 2 is 1.74 bits per heavy atom. The van der Waals surface area contributed by atoms with Gasteiger partial charge in [-0.2, -0.15) is 5.10 Å². The lowest BCUT2D eigenvalue weighted by atomic mass is 9.96. The molecule has 8 heteroatoms. The fraction of sp³-hybridized carbons (Fsp3) is 0.346. The van der Waals surface area contributed by atoms with Crippen molar-refractivity contribution in [2.24, 2.45) is 5.92 Å². The Morgan fingerprint density at radius 1 is 1.06 bits per heavy atom. The summed E-state index contributed by atoms with van der Waals surface area (Å²) >= 11 is 0. The molecule has 2 heterocycles. The van der Waals surface area contributed by atoms with Crippen molar-refractivity contribution in [1.29, 1.82) is 0 Å². The summed E-state index contributed by atoms with van der Waals surface area (Å²) in [7, 11) is 5.12. The number of likely N-dealkylation sites (tertiary alicyclic amines) is 1. The molecule has 0 bridgehead atoms. The number of anilines is 1. The molecule has 3 amide bonds. The third kappa shape index (κ3) is 4.90. The summed E-state index contributed by atoms with van der Waals surface area (Å²) in [5.41, 5.74) is 3.56. The Labute approximate surface area is 200 Å². The maximum atomic E-state index is 13.2. The number of carbonyl (C=O) groups excluding carboxylic acids is 2. The number of nitrogens with one attached hydrogen (secondary N) is 1. The molecule has 1 aliphatic rings. The molecule has 0 unspecified atom stereocenters. The minimum Gasteiger partial charge on any atom is -0.496 e. The number of rotatable bonds is 5. The normalized spacial score (nSPS) is 14.1. The van der Waals surface area contributed by atoms with Crippen molar-refractivity contribution < 1.29 is 14.3 Å². The van der Waals surface area contributed by atoms with Gasteiger partial charge in [0.05, 0.1) is 18.5 Å². The molecule has 3 aromatic rings. The summed E-state index contributed by atoms with van der Waals surface area (Å²) in [6.45, 7) is 3.17. The van der Waals surface area contributed by atoms with Crippen molar-refractivity contribution in [3.8, 4) is 22.7 Å². The van der Waals surface area contributed by atoms with E-state index >= 15 is 0 Å². The fourth-order valence-corrected chi connectivity index (χ4v) is 4.18. The van der Waals surface area contributed by atoms with Crippen LogP contribution in [0.25, 0.3) is 16.9 Å². The van der Waals surface area contributed by atoms with Gasteiger partial charge in [-0.05, 0) is 44.0 Å². The monoisotopic (exact) mass is 461 g/mol. The second kappa shape index (κ2) is 9.99. The minimum atomic E-state index is -0.165. The lowest BCUT2D eigenvalue weighted by Gasteiger charge is -2.33. The number of para-hydroxylation sites is 1. The number of methoxy groups -OCH3 is 1. The molecular weight excluding hydrogens is 430 g/mol. The number of aryl methyl sites for hydroxylation is 1. The molecule has 4 rings (SSSR count). The van der Waals surface area contributed by atoms with Gasteiger partial charge in [-0.1, -0.05) is 29.8 Å². The Bertz CT molecular complexity index is 1160. The van der Waals surface area contributed by atoms with Gasteiger partial charge < -0.3 is 19.9 Å². The van der Waals surface area contributed by atoms with Crippen LogP contribution in [0.15, 0.2) is 54.6 Å². The number of nitrogens with zero attached hydrogens (tertiary/aromatic N) is 4. The summed E-state index contributed by atoms with van der Waals surface area (Å²) in [5, 5.41) is 7.90. The van der Waals surface area contributed by atoms with Gasteiger partial charge >= 0.3 is 6.03 Å². The highest BCUT2D eigenvalue weighted by Crippen LogP contribution is 2.32. The van der Waals surface area contributed by atoms with Crippen LogP contribution in [0.1, 0.15) is 18.4 Å². The van der Waals surface area contributed by atoms with Gasteiger partial charge in [0.2, 0.25) is 5.91 Å². The molecule has 0 spiro atoms. The van der Waals surface area contributed by atoms with Gasteiger partial charge in [-0.25, -0.2) is 9.48 Å².